The number of nitrogens with zero attached hydrogens (tertiary/aromatic N) is 1. The molecule has 3 rings (SSSR count). The van der Waals surface area contributed by atoms with Crippen LogP contribution in [0.3, 0.4) is 0 Å². The molecule has 2 aromatic rings. The molecule has 1 unspecified atom stereocenters. The predicted molar refractivity (Wildman–Crippen MR) is 77.7 cm³/mol. The van der Waals surface area contributed by atoms with Gasteiger partial charge < -0.3 is 10.3 Å². The topological polar surface area (TPSA) is 40.7 Å². The molecule has 102 valence electrons. The summed E-state index contributed by atoms with van der Waals surface area (Å²) < 4.78 is 13.9. The molecule has 1 aromatic carbocycles. The molecule has 1 fully saturated rings. The van der Waals surface area contributed by atoms with Gasteiger partial charge in [-0.15, -0.1) is 0 Å². The first-order chi connectivity index (χ1) is 9.22. The van der Waals surface area contributed by atoms with Crippen LogP contribution < -0.4 is 5.32 Å². The quantitative estimate of drug-likeness (QED) is 0.908. The van der Waals surface area contributed by atoms with E-state index in [2.05, 4.69) is 31.2 Å². The second kappa shape index (κ2) is 5.59. The van der Waals surface area contributed by atoms with Crippen LogP contribution in [0.15, 0.2) is 16.6 Å². The summed E-state index contributed by atoms with van der Waals surface area (Å²) >= 11 is 3.19. The predicted octanol–water partition coefficient (Wildman–Crippen LogP) is 3.40. The average molecular weight is 326 g/mol. The summed E-state index contributed by atoms with van der Waals surface area (Å²) in [4.78, 5) is 7.74. The number of benzene rings is 1. The van der Waals surface area contributed by atoms with Crippen molar-refractivity contribution in [3.63, 3.8) is 0 Å². The van der Waals surface area contributed by atoms with Gasteiger partial charge in [0.25, 0.3) is 0 Å². The molecule has 1 aliphatic heterocycles. The molecule has 1 aliphatic rings. The number of aromatic amines is 1. The van der Waals surface area contributed by atoms with E-state index in [1.165, 1.54) is 18.9 Å². The fraction of sp³-hybridized carbons (Fsp3) is 0.500. The van der Waals surface area contributed by atoms with E-state index in [1.807, 2.05) is 0 Å². The SMILES string of the molecule is Fc1cc2[nH]c(CCC3CCCNC3)nc2cc1Br. The van der Waals surface area contributed by atoms with Crippen LogP contribution in [0.1, 0.15) is 25.1 Å². The van der Waals surface area contributed by atoms with E-state index in [-0.39, 0.29) is 5.82 Å². The maximum atomic E-state index is 13.4. The van der Waals surface area contributed by atoms with Crippen LogP contribution in [-0.2, 0) is 6.42 Å². The second-order valence-electron chi connectivity index (χ2n) is 5.22. The molecule has 2 N–H and O–H groups in total. The summed E-state index contributed by atoms with van der Waals surface area (Å²) in [5.74, 6) is 1.45. The van der Waals surface area contributed by atoms with Gasteiger partial charge in [0, 0.05) is 12.5 Å². The number of halogens is 2. The van der Waals surface area contributed by atoms with Gasteiger partial charge in [-0.1, -0.05) is 0 Å². The van der Waals surface area contributed by atoms with Crippen molar-refractivity contribution in [3.8, 4) is 0 Å². The van der Waals surface area contributed by atoms with Gasteiger partial charge in [0.05, 0.1) is 15.5 Å². The van der Waals surface area contributed by atoms with E-state index in [1.54, 1.807) is 6.07 Å². The lowest BCUT2D eigenvalue weighted by atomic mass is 9.95. The zero-order valence-corrected chi connectivity index (χ0v) is 12.3. The standard InChI is InChI=1S/C14H17BrFN3/c15-10-6-12-13(7-11(10)16)19-14(18-12)4-3-9-2-1-5-17-8-9/h6-7,9,17H,1-5,8H2,(H,18,19). The molecule has 0 aliphatic carbocycles. The molecule has 3 nitrogen and oxygen atoms in total. The molecule has 5 heteroatoms. The number of aromatic nitrogens is 2. The van der Waals surface area contributed by atoms with Crippen LogP contribution in [-0.4, -0.2) is 23.1 Å². The van der Waals surface area contributed by atoms with E-state index in [4.69, 9.17) is 0 Å². The third-order valence-electron chi connectivity index (χ3n) is 3.76. The first-order valence-electron chi connectivity index (χ1n) is 6.77. The minimum Gasteiger partial charge on any atom is -0.342 e. The Balaban J connectivity index is 1.70. The lowest BCUT2D eigenvalue weighted by Gasteiger charge is -2.22. The number of hydrogen-bond acceptors (Lipinski definition) is 2. The summed E-state index contributed by atoms with van der Waals surface area (Å²) in [7, 11) is 0. The van der Waals surface area contributed by atoms with Crippen LogP contribution in [0.25, 0.3) is 11.0 Å². The van der Waals surface area contributed by atoms with Crippen LogP contribution in [0.5, 0.6) is 0 Å². The summed E-state index contributed by atoms with van der Waals surface area (Å²) in [6, 6.07) is 3.23. The maximum absolute atomic E-state index is 13.4. The molecular formula is C14H17BrFN3. The smallest absolute Gasteiger partial charge is 0.139 e. The van der Waals surface area contributed by atoms with Crippen molar-refractivity contribution in [2.45, 2.75) is 25.7 Å². The fourth-order valence-electron chi connectivity index (χ4n) is 2.69. The molecular weight excluding hydrogens is 309 g/mol. The number of H-pyrrole nitrogens is 1. The Bertz CT molecular complexity index is 536. The Morgan fingerprint density at radius 1 is 1.42 bits per heavy atom. The van der Waals surface area contributed by atoms with Crippen LogP contribution >= 0.6 is 15.9 Å². The third kappa shape index (κ3) is 2.98. The van der Waals surface area contributed by atoms with E-state index < -0.39 is 0 Å². The van der Waals surface area contributed by atoms with Crippen LogP contribution in [0, 0.1) is 11.7 Å². The van der Waals surface area contributed by atoms with Gasteiger partial charge >= 0.3 is 0 Å². The third-order valence-corrected chi connectivity index (χ3v) is 4.37. The van der Waals surface area contributed by atoms with Crippen LogP contribution in [0.2, 0.25) is 0 Å². The summed E-state index contributed by atoms with van der Waals surface area (Å²) in [6.45, 7) is 2.26. The van der Waals surface area contributed by atoms with Gasteiger partial charge in [-0.3, -0.25) is 0 Å². The number of imidazole rings is 1. The van der Waals surface area contributed by atoms with E-state index in [0.29, 0.717) is 4.47 Å². The summed E-state index contributed by atoms with van der Waals surface area (Å²) in [6.07, 6.45) is 4.63. The number of fused-ring (bicyclic) bond motifs is 1. The highest BCUT2D eigenvalue weighted by Gasteiger charge is 2.14. The largest absolute Gasteiger partial charge is 0.342 e. The molecule has 19 heavy (non-hydrogen) atoms. The van der Waals surface area contributed by atoms with Gasteiger partial charge in [-0.25, -0.2) is 9.37 Å². The average Bonchev–Trinajstić information content (AvgIpc) is 2.80. The number of rotatable bonds is 3. The summed E-state index contributed by atoms with van der Waals surface area (Å²) in [5.41, 5.74) is 1.60. The molecule has 1 aromatic heterocycles. The second-order valence-corrected chi connectivity index (χ2v) is 6.07. The van der Waals surface area contributed by atoms with Crippen LogP contribution in [0.4, 0.5) is 4.39 Å². The van der Waals surface area contributed by atoms with Crippen molar-refractivity contribution in [2.24, 2.45) is 5.92 Å². The molecule has 0 spiro atoms. The monoisotopic (exact) mass is 325 g/mol. The molecule has 0 radical (unpaired) electrons. The minimum atomic E-state index is -0.251. The minimum absolute atomic E-state index is 0.251. The van der Waals surface area contributed by atoms with E-state index in [0.717, 1.165) is 48.7 Å². The molecule has 0 bridgehead atoms. The van der Waals surface area contributed by atoms with Crippen molar-refractivity contribution in [2.75, 3.05) is 13.1 Å². The van der Waals surface area contributed by atoms with Gasteiger partial charge in [-0.05, 0) is 60.3 Å². The van der Waals surface area contributed by atoms with Gasteiger partial charge in [-0.2, -0.15) is 0 Å². The van der Waals surface area contributed by atoms with Crippen molar-refractivity contribution in [1.29, 1.82) is 0 Å². The Morgan fingerprint density at radius 3 is 3.11 bits per heavy atom. The Kier molecular flexibility index (Phi) is 3.84. The molecule has 1 saturated heterocycles. The summed E-state index contributed by atoms with van der Waals surface area (Å²) in [5, 5.41) is 3.43. The zero-order chi connectivity index (χ0) is 13.2. The first-order valence-corrected chi connectivity index (χ1v) is 7.56. The molecule has 0 amide bonds. The van der Waals surface area contributed by atoms with Gasteiger partial charge in [0.2, 0.25) is 0 Å². The molecule has 2 heterocycles. The number of piperidine rings is 1. The fourth-order valence-corrected chi connectivity index (χ4v) is 3.02. The Morgan fingerprint density at radius 2 is 2.32 bits per heavy atom. The van der Waals surface area contributed by atoms with Crippen molar-refractivity contribution < 1.29 is 4.39 Å². The molecule has 0 saturated carbocycles. The normalized spacial score (nSPS) is 20.0. The lowest BCUT2D eigenvalue weighted by Crippen LogP contribution is -2.29. The molecule has 1 atom stereocenters. The Hall–Kier alpha value is -0.940. The van der Waals surface area contributed by atoms with Crippen molar-refractivity contribution in [1.82, 2.24) is 15.3 Å². The highest BCUT2D eigenvalue weighted by molar-refractivity contribution is 9.10. The Labute approximate surface area is 120 Å². The number of aryl methyl sites for hydroxylation is 1. The number of hydrogen-bond donors (Lipinski definition) is 2. The first kappa shape index (κ1) is 13.1. The van der Waals surface area contributed by atoms with E-state index in [9.17, 15) is 4.39 Å². The van der Waals surface area contributed by atoms with E-state index >= 15 is 0 Å². The maximum Gasteiger partial charge on any atom is 0.139 e. The van der Waals surface area contributed by atoms with Crippen molar-refractivity contribution in [3.05, 3.63) is 28.2 Å². The van der Waals surface area contributed by atoms with Gasteiger partial charge in [0.1, 0.15) is 11.6 Å². The highest BCUT2D eigenvalue weighted by atomic mass is 79.9. The highest BCUT2D eigenvalue weighted by Crippen LogP contribution is 2.23. The number of nitrogens with one attached hydrogen (secondary N) is 2. The zero-order valence-electron chi connectivity index (χ0n) is 10.7. The lowest BCUT2D eigenvalue weighted by molar-refractivity contribution is 0.356. The van der Waals surface area contributed by atoms with Gasteiger partial charge in [0.15, 0.2) is 0 Å². The van der Waals surface area contributed by atoms with Crippen molar-refractivity contribution >= 4 is 27.0 Å².